The van der Waals surface area contributed by atoms with Crippen molar-refractivity contribution in [3.8, 4) is 6.07 Å². The van der Waals surface area contributed by atoms with E-state index >= 15 is 0 Å². The summed E-state index contributed by atoms with van der Waals surface area (Å²) in [5.41, 5.74) is 0. The molecule has 17 heavy (non-hydrogen) atoms. The molecule has 1 amide bonds. The maximum Gasteiger partial charge on any atom is 0.309 e. The van der Waals surface area contributed by atoms with Crippen LogP contribution in [0.5, 0.6) is 0 Å². The Hall–Kier alpha value is -1.83. The summed E-state index contributed by atoms with van der Waals surface area (Å²) >= 11 is 0. The fourth-order valence-corrected chi connectivity index (χ4v) is 1.57. The SMILES string of the molecule is N#CCCNC(=O)COC(=O)[C@H]1CC=CCC1. The van der Waals surface area contributed by atoms with E-state index < -0.39 is 0 Å². The normalized spacial score (nSPS) is 18.2. The van der Waals surface area contributed by atoms with Gasteiger partial charge >= 0.3 is 5.97 Å². The zero-order valence-electron chi connectivity index (χ0n) is 9.65. The van der Waals surface area contributed by atoms with Gasteiger partial charge in [-0.05, 0) is 19.3 Å². The molecule has 1 aliphatic carbocycles. The van der Waals surface area contributed by atoms with Crippen LogP contribution in [0, 0.1) is 17.2 Å². The van der Waals surface area contributed by atoms with E-state index in [-0.39, 0.29) is 30.8 Å². The van der Waals surface area contributed by atoms with Gasteiger partial charge in [0.2, 0.25) is 0 Å². The number of carbonyl (C=O) groups excluding carboxylic acids is 2. The Kier molecular flexibility index (Phi) is 5.80. The predicted octanol–water partition coefficient (Wildman–Crippen LogP) is 0.916. The van der Waals surface area contributed by atoms with Crippen LogP contribution in [0.1, 0.15) is 25.7 Å². The summed E-state index contributed by atoms with van der Waals surface area (Å²) in [6, 6.07) is 1.91. The molecule has 0 saturated carbocycles. The second kappa shape index (κ2) is 7.44. The fraction of sp³-hybridized carbons (Fsp3) is 0.583. The third kappa shape index (κ3) is 5.16. The van der Waals surface area contributed by atoms with Gasteiger partial charge in [-0.1, -0.05) is 12.2 Å². The molecule has 1 N–H and O–H groups in total. The highest BCUT2D eigenvalue weighted by molar-refractivity contribution is 5.81. The minimum absolute atomic E-state index is 0.119. The van der Waals surface area contributed by atoms with Gasteiger partial charge in [0.05, 0.1) is 18.4 Å². The highest BCUT2D eigenvalue weighted by Gasteiger charge is 2.20. The van der Waals surface area contributed by atoms with Crippen LogP contribution in [-0.2, 0) is 14.3 Å². The Morgan fingerprint density at radius 3 is 2.94 bits per heavy atom. The molecule has 0 aromatic rings. The summed E-state index contributed by atoms with van der Waals surface area (Å²) in [5, 5.41) is 10.8. The first-order chi connectivity index (χ1) is 8.24. The average molecular weight is 236 g/mol. The Labute approximate surface area is 100 Å². The zero-order chi connectivity index (χ0) is 12.5. The summed E-state index contributed by atoms with van der Waals surface area (Å²) in [5.74, 6) is -0.795. The Balaban J connectivity index is 2.17. The van der Waals surface area contributed by atoms with E-state index in [2.05, 4.69) is 5.32 Å². The molecule has 0 aromatic carbocycles. The van der Waals surface area contributed by atoms with Gasteiger partial charge in [-0.15, -0.1) is 0 Å². The van der Waals surface area contributed by atoms with Crippen molar-refractivity contribution >= 4 is 11.9 Å². The summed E-state index contributed by atoms with van der Waals surface area (Å²) < 4.78 is 4.91. The molecule has 1 atom stereocenters. The van der Waals surface area contributed by atoms with E-state index in [4.69, 9.17) is 10.00 Å². The van der Waals surface area contributed by atoms with Crippen LogP contribution in [0.4, 0.5) is 0 Å². The van der Waals surface area contributed by atoms with Gasteiger partial charge in [0.1, 0.15) is 0 Å². The predicted molar refractivity (Wildman–Crippen MR) is 60.7 cm³/mol. The molecular weight excluding hydrogens is 220 g/mol. The third-order valence-corrected chi connectivity index (χ3v) is 2.51. The van der Waals surface area contributed by atoms with Gasteiger partial charge in [-0.25, -0.2) is 0 Å². The molecule has 5 heteroatoms. The number of rotatable bonds is 5. The number of nitrogens with one attached hydrogen (secondary N) is 1. The van der Waals surface area contributed by atoms with Crippen molar-refractivity contribution in [3.05, 3.63) is 12.2 Å². The lowest BCUT2D eigenvalue weighted by Crippen LogP contribution is -2.31. The molecule has 0 fully saturated rings. The number of amides is 1. The number of nitriles is 1. The molecule has 0 bridgehead atoms. The minimum Gasteiger partial charge on any atom is -0.455 e. The van der Waals surface area contributed by atoms with Crippen molar-refractivity contribution in [2.45, 2.75) is 25.7 Å². The molecule has 5 nitrogen and oxygen atoms in total. The van der Waals surface area contributed by atoms with Gasteiger partial charge in [0, 0.05) is 6.54 Å². The highest BCUT2D eigenvalue weighted by atomic mass is 16.5. The zero-order valence-corrected chi connectivity index (χ0v) is 9.65. The standard InChI is InChI=1S/C12H16N2O3/c13-7-4-8-14-11(15)9-17-12(16)10-5-2-1-3-6-10/h1-2,10H,3-6,8-9H2,(H,14,15)/t10-/m0/s1. The number of nitrogens with zero attached hydrogens (tertiary/aromatic N) is 1. The molecule has 0 aromatic heterocycles. The Morgan fingerprint density at radius 2 is 2.29 bits per heavy atom. The van der Waals surface area contributed by atoms with Gasteiger partial charge in [0.15, 0.2) is 6.61 Å². The topological polar surface area (TPSA) is 79.2 Å². The number of carbonyl (C=O) groups is 2. The summed E-state index contributed by atoms with van der Waals surface area (Å²) in [6.07, 6.45) is 6.61. The van der Waals surface area contributed by atoms with Crippen molar-refractivity contribution < 1.29 is 14.3 Å². The van der Waals surface area contributed by atoms with Crippen LogP contribution in [-0.4, -0.2) is 25.0 Å². The molecule has 0 unspecified atom stereocenters. The monoisotopic (exact) mass is 236 g/mol. The van der Waals surface area contributed by atoms with Gasteiger partial charge < -0.3 is 10.1 Å². The first kappa shape index (κ1) is 13.2. The molecule has 0 saturated heterocycles. The second-order valence-corrected chi connectivity index (χ2v) is 3.85. The lowest BCUT2D eigenvalue weighted by molar-refractivity contribution is -0.152. The lowest BCUT2D eigenvalue weighted by Gasteiger charge is -2.16. The smallest absolute Gasteiger partial charge is 0.309 e. The number of esters is 1. The highest BCUT2D eigenvalue weighted by Crippen LogP contribution is 2.19. The van der Waals surface area contributed by atoms with Crippen LogP contribution in [0.2, 0.25) is 0 Å². The quantitative estimate of drug-likeness (QED) is 0.437. The molecule has 0 radical (unpaired) electrons. The van der Waals surface area contributed by atoms with E-state index in [0.717, 1.165) is 12.8 Å². The maximum absolute atomic E-state index is 11.5. The Morgan fingerprint density at radius 1 is 1.47 bits per heavy atom. The number of ether oxygens (including phenoxy) is 1. The maximum atomic E-state index is 11.5. The Bertz CT molecular complexity index is 344. The minimum atomic E-state index is -0.361. The lowest BCUT2D eigenvalue weighted by atomic mass is 9.95. The van der Waals surface area contributed by atoms with E-state index in [1.54, 1.807) is 0 Å². The van der Waals surface area contributed by atoms with Crippen LogP contribution < -0.4 is 5.32 Å². The van der Waals surface area contributed by atoms with E-state index in [1.807, 2.05) is 18.2 Å². The van der Waals surface area contributed by atoms with Crippen molar-refractivity contribution in [2.24, 2.45) is 5.92 Å². The first-order valence-corrected chi connectivity index (χ1v) is 5.69. The number of hydrogen-bond acceptors (Lipinski definition) is 4. The first-order valence-electron chi connectivity index (χ1n) is 5.69. The third-order valence-electron chi connectivity index (χ3n) is 2.51. The molecule has 1 aliphatic rings. The number of hydrogen-bond donors (Lipinski definition) is 1. The molecule has 0 aliphatic heterocycles. The van der Waals surface area contributed by atoms with Crippen LogP contribution in [0.25, 0.3) is 0 Å². The molecule has 0 spiro atoms. The fourth-order valence-electron chi connectivity index (χ4n) is 1.57. The van der Waals surface area contributed by atoms with Crippen LogP contribution in [0.15, 0.2) is 12.2 Å². The van der Waals surface area contributed by atoms with Crippen molar-refractivity contribution in [1.29, 1.82) is 5.26 Å². The van der Waals surface area contributed by atoms with E-state index in [9.17, 15) is 9.59 Å². The number of allylic oxidation sites excluding steroid dienone is 2. The van der Waals surface area contributed by atoms with Crippen molar-refractivity contribution in [1.82, 2.24) is 5.32 Å². The van der Waals surface area contributed by atoms with Crippen LogP contribution in [0.3, 0.4) is 0 Å². The summed E-state index contributed by atoms with van der Waals surface area (Å²) in [4.78, 5) is 22.7. The molecule has 0 heterocycles. The molecule has 1 rings (SSSR count). The van der Waals surface area contributed by atoms with Gasteiger partial charge in [0.25, 0.3) is 5.91 Å². The van der Waals surface area contributed by atoms with Gasteiger partial charge in [-0.3, -0.25) is 9.59 Å². The average Bonchev–Trinajstić information content (AvgIpc) is 2.37. The van der Waals surface area contributed by atoms with Crippen molar-refractivity contribution in [3.63, 3.8) is 0 Å². The van der Waals surface area contributed by atoms with E-state index in [1.165, 1.54) is 0 Å². The second-order valence-electron chi connectivity index (χ2n) is 3.85. The largest absolute Gasteiger partial charge is 0.455 e. The molecular formula is C12H16N2O3. The summed E-state index contributed by atoms with van der Waals surface area (Å²) in [7, 11) is 0. The van der Waals surface area contributed by atoms with Crippen LogP contribution >= 0.6 is 0 Å². The van der Waals surface area contributed by atoms with E-state index in [0.29, 0.717) is 13.0 Å². The van der Waals surface area contributed by atoms with Gasteiger partial charge in [-0.2, -0.15) is 5.26 Å². The summed E-state index contributed by atoms with van der Waals surface area (Å²) in [6.45, 7) is 0.0313. The van der Waals surface area contributed by atoms with Crippen molar-refractivity contribution in [2.75, 3.05) is 13.2 Å². The molecule has 92 valence electrons.